The fourth-order valence-corrected chi connectivity index (χ4v) is 2.95. The second kappa shape index (κ2) is 6.95. The third kappa shape index (κ3) is 3.79. The zero-order chi connectivity index (χ0) is 16.2. The van der Waals surface area contributed by atoms with E-state index in [1.165, 1.54) is 6.07 Å². The molecule has 0 spiro atoms. The lowest BCUT2D eigenvalue weighted by Crippen LogP contribution is -1.92. The summed E-state index contributed by atoms with van der Waals surface area (Å²) in [6.45, 7) is 1.72. The van der Waals surface area contributed by atoms with Crippen molar-refractivity contribution in [3.63, 3.8) is 0 Å². The van der Waals surface area contributed by atoms with Crippen LogP contribution in [0, 0.1) is 12.7 Å². The molecule has 0 saturated carbocycles. The van der Waals surface area contributed by atoms with E-state index in [1.54, 1.807) is 37.0 Å². The molecule has 0 radical (unpaired) electrons. The quantitative estimate of drug-likeness (QED) is 0.509. The maximum Gasteiger partial charge on any atom is 0.226 e. The summed E-state index contributed by atoms with van der Waals surface area (Å²) >= 11 is 1.69. The van der Waals surface area contributed by atoms with Gasteiger partial charge in [0.2, 0.25) is 11.7 Å². The molecule has 0 bridgehead atoms. The second-order valence-electron chi connectivity index (χ2n) is 5.25. The van der Waals surface area contributed by atoms with Gasteiger partial charge in [-0.15, -0.1) is 0 Å². The molecule has 0 amide bonds. The Morgan fingerprint density at radius 1 is 1.35 bits per heavy atom. The van der Waals surface area contributed by atoms with Crippen LogP contribution in [0.5, 0.6) is 0 Å². The number of halogens is 1. The van der Waals surface area contributed by atoms with Gasteiger partial charge in [0.15, 0.2) is 5.16 Å². The number of benzene rings is 1. The molecule has 5 nitrogen and oxygen atoms in total. The third-order valence-corrected chi connectivity index (χ3v) is 4.59. The Hall–Kier alpha value is -2.15. The summed E-state index contributed by atoms with van der Waals surface area (Å²) in [5.74, 6) is 1.65. The Bertz CT molecular complexity index is 799. The van der Waals surface area contributed by atoms with E-state index in [-0.39, 0.29) is 5.82 Å². The smallest absolute Gasteiger partial charge is 0.226 e. The average Bonchev–Trinajstić information content (AvgIpc) is 3.16. The van der Waals surface area contributed by atoms with Crippen LogP contribution in [0.25, 0.3) is 11.4 Å². The maximum absolute atomic E-state index is 13.6. The van der Waals surface area contributed by atoms with Crippen LogP contribution in [0.3, 0.4) is 0 Å². The normalized spacial score (nSPS) is 11.1. The van der Waals surface area contributed by atoms with E-state index < -0.39 is 0 Å². The van der Waals surface area contributed by atoms with Crippen molar-refractivity contribution in [2.75, 3.05) is 5.75 Å². The van der Waals surface area contributed by atoms with Crippen LogP contribution < -0.4 is 0 Å². The minimum Gasteiger partial charge on any atom is -0.339 e. The predicted octanol–water partition coefficient (Wildman–Crippen LogP) is 3.64. The van der Waals surface area contributed by atoms with Gasteiger partial charge in [-0.05, 0) is 25.0 Å². The number of aryl methyl sites for hydroxylation is 3. The molecule has 0 aliphatic rings. The topological polar surface area (TPSA) is 56.7 Å². The number of aromatic nitrogens is 4. The van der Waals surface area contributed by atoms with E-state index in [4.69, 9.17) is 4.52 Å². The predicted molar refractivity (Wildman–Crippen MR) is 86.7 cm³/mol. The monoisotopic (exact) mass is 332 g/mol. The van der Waals surface area contributed by atoms with Crippen molar-refractivity contribution >= 4 is 11.8 Å². The van der Waals surface area contributed by atoms with E-state index in [0.29, 0.717) is 29.3 Å². The molecule has 7 heteroatoms. The summed E-state index contributed by atoms with van der Waals surface area (Å²) in [5.41, 5.74) is 1.23. The minimum absolute atomic E-state index is 0.264. The molecule has 3 aromatic rings. The van der Waals surface area contributed by atoms with Crippen molar-refractivity contribution in [3.8, 4) is 11.4 Å². The van der Waals surface area contributed by atoms with Gasteiger partial charge in [0, 0.05) is 37.2 Å². The number of nitrogens with zero attached hydrogens (tertiary/aromatic N) is 4. The van der Waals surface area contributed by atoms with Crippen LogP contribution in [0.2, 0.25) is 0 Å². The number of imidazole rings is 1. The molecule has 1 aromatic carbocycles. The molecule has 0 aliphatic heterocycles. The van der Waals surface area contributed by atoms with Gasteiger partial charge in [0.1, 0.15) is 5.82 Å². The Kier molecular flexibility index (Phi) is 4.76. The van der Waals surface area contributed by atoms with Gasteiger partial charge >= 0.3 is 0 Å². The van der Waals surface area contributed by atoms with E-state index in [1.807, 2.05) is 17.8 Å². The van der Waals surface area contributed by atoms with Crippen LogP contribution in [-0.4, -0.2) is 25.4 Å². The van der Waals surface area contributed by atoms with E-state index >= 15 is 0 Å². The van der Waals surface area contributed by atoms with Crippen molar-refractivity contribution in [3.05, 3.63) is 47.9 Å². The van der Waals surface area contributed by atoms with E-state index in [0.717, 1.165) is 17.3 Å². The summed E-state index contributed by atoms with van der Waals surface area (Å²) in [6, 6.07) is 4.94. The van der Waals surface area contributed by atoms with Crippen LogP contribution in [0.4, 0.5) is 4.39 Å². The third-order valence-electron chi connectivity index (χ3n) is 3.44. The molecule has 0 fully saturated rings. The van der Waals surface area contributed by atoms with Crippen molar-refractivity contribution in [2.24, 2.45) is 7.05 Å². The zero-order valence-electron chi connectivity index (χ0n) is 13.0. The molecular formula is C16H17FN4OS. The summed E-state index contributed by atoms with van der Waals surface area (Å²) in [4.78, 5) is 8.59. The lowest BCUT2D eigenvalue weighted by Gasteiger charge is -1.99. The Morgan fingerprint density at radius 3 is 2.96 bits per heavy atom. The zero-order valence-corrected chi connectivity index (χ0v) is 13.8. The lowest BCUT2D eigenvalue weighted by atomic mass is 10.1. The SMILES string of the molecule is Cc1ccc(-c2noc(CCCSc3nccn3C)n2)cc1F. The number of hydrogen-bond donors (Lipinski definition) is 0. The maximum atomic E-state index is 13.6. The molecule has 0 saturated heterocycles. The molecule has 23 heavy (non-hydrogen) atoms. The van der Waals surface area contributed by atoms with Gasteiger partial charge in [-0.1, -0.05) is 29.1 Å². The summed E-state index contributed by atoms with van der Waals surface area (Å²) in [5, 5.41) is 4.92. The molecule has 0 atom stereocenters. The van der Waals surface area contributed by atoms with Crippen molar-refractivity contribution in [2.45, 2.75) is 24.9 Å². The molecule has 0 aliphatic carbocycles. The number of rotatable bonds is 6. The van der Waals surface area contributed by atoms with Crippen molar-refractivity contribution < 1.29 is 8.91 Å². The Labute approximate surface area is 137 Å². The van der Waals surface area contributed by atoms with Crippen molar-refractivity contribution in [1.29, 1.82) is 0 Å². The standard InChI is InChI=1S/C16H17FN4OS/c1-11-5-6-12(10-13(11)17)15-19-14(22-20-15)4-3-9-23-16-18-7-8-21(16)2/h5-8,10H,3-4,9H2,1-2H3. The van der Waals surface area contributed by atoms with Gasteiger partial charge < -0.3 is 9.09 Å². The molecule has 3 rings (SSSR count). The minimum atomic E-state index is -0.264. The highest BCUT2D eigenvalue weighted by atomic mass is 32.2. The van der Waals surface area contributed by atoms with Crippen LogP contribution in [0.15, 0.2) is 40.3 Å². The number of thioether (sulfide) groups is 1. The van der Waals surface area contributed by atoms with E-state index in [2.05, 4.69) is 15.1 Å². The number of hydrogen-bond acceptors (Lipinski definition) is 5. The summed E-state index contributed by atoms with van der Waals surface area (Å²) in [6.07, 6.45) is 5.31. The first-order chi connectivity index (χ1) is 11.1. The Balaban J connectivity index is 1.55. The summed E-state index contributed by atoms with van der Waals surface area (Å²) in [7, 11) is 1.97. The molecular weight excluding hydrogens is 315 g/mol. The second-order valence-corrected chi connectivity index (χ2v) is 6.31. The van der Waals surface area contributed by atoms with Crippen LogP contribution in [-0.2, 0) is 13.5 Å². The first-order valence-corrected chi connectivity index (χ1v) is 8.31. The highest BCUT2D eigenvalue weighted by molar-refractivity contribution is 7.99. The highest BCUT2D eigenvalue weighted by Gasteiger charge is 2.10. The van der Waals surface area contributed by atoms with Gasteiger partial charge in [0.25, 0.3) is 0 Å². The van der Waals surface area contributed by atoms with Crippen molar-refractivity contribution in [1.82, 2.24) is 19.7 Å². The Morgan fingerprint density at radius 2 is 2.22 bits per heavy atom. The summed E-state index contributed by atoms with van der Waals surface area (Å²) < 4.78 is 20.8. The fourth-order valence-electron chi connectivity index (χ4n) is 2.08. The van der Waals surface area contributed by atoms with Crippen LogP contribution in [0.1, 0.15) is 17.9 Å². The van der Waals surface area contributed by atoms with Crippen LogP contribution >= 0.6 is 11.8 Å². The molecule has 2 heterocycles. The fraction of sp³-hybridized carbons (Fsp3) is 0.312. The molecule has 2 aromatic heterocycles. The van der Waals surface area contributed by atoms with Gasteiger partial charge in [0.05, 0.1) is 0 Å². The first-order valence-electron chi connectivity index (χ1n) is 7.33. The average molecular weight is 332 g/mol. The first kappa shape index (κ1) is 15.7. The van der Waals surface area contributed by atoms with Gasteiger partial charge in [-0.2, -0.15) is 4.98 Å². The lowest BCUT2D eigenvalue weighted by molar-refractivity contribution is 0.378. The largest absolute Gasteiger partial charge is 0.339 e. The van der Waals surface area contributed by atoms with Gasteiger partial charge in [-0.3, -0.25) is 0 Å². The van der Waals surface area contributed by atoms with E-state index in [9.17, 15) is 4.39 Å². The molecule has 120 valence electrons. The van der Waals surface area contributed by atoms with Gasteiger partial charge in [-0.25, -0.2) is 9.37 Å². The molecule has 0 N–H and O–H groups in total. The molecule has 0 unspecified atom stereocenters. The highest BCUT2D eigenvalue weighted by Crippen LogP contribution is 2.20.